The molecular formula is C23H20O4. The van der Waals surface area contributed by atoms with E-state index in [0.717, 1.165) is 28.5 Å². The molecule has 0 heterocycles. The van der Waals surface area contributed by atoms with E-state index in [9.17, 15) is 9.59 Å². The van der Waals surface area contributed by atoms with Crippen LogP contribution in [-0.4, -0.2) is 19.4 Å². The Hall–Kier alpha value is -3.40. The summed E-state index contributed by atoms with van der Waals surface area (Å²) in [5, 5.41) is 0. The molecule has 0 amide bonds. The second-order valence-corrected chi connectivity index (χ2v) is 6.20. The van der Waals surface area contributed by atoms with Gasteiger partial charge in [0, 0.05) is 5.56 Å². The number of rotatable bonds is 6. The number of carbonyl (C=O) groups is 2. The Morgan fingerprint density at radius 3 is 2.44 bits per heavy atom. The van der Waals surface area contributed by atoms with Gasteiger partial charge in [-0.1, -0.05) is 24.3 Å². The number of benzene rings is 3. The molecule has 0 aliphatic carbocycles. The van der Waals surface area contributed by atoms with Crippen molar-refractivity contribution in [3.63, 3.8) is 0 Å². The van der Waals surface area contributed by atoms with Gasteiger partial charge in [-0.25, -0.2) is 4.79 Å². The summed E-state index contributed by atoms with van der Waals surface area (Å²) in [6.07, 6.45) is 0.807. The molecule has 0 N–H and O–H groups in total. The molecule has 3 rings (SSSR count). The molecule has 0 radical (unpaired) electrons. The van der Waals surface area contributed by atoms with Crippen LogP contribution in [0.25, 0.3) is 11.1 Å². The molecule has 0 bridgehead atoms. The first-order valence-electron chi connectivity index (χ1n) is 8.57. The van der Waals surface area contributed by atoms with Crippen LogP contribution in [0.1, 0.15) is 31.8 Å². The third-order valence-electron chi connectivity index (χ3n) is 4.31. The maximum absolute atomic E-state index is 11.7. The van der Waals surface area contributed by atoms with Crippen LogP contribution in [0.3, 0.4) is 0 Å². The Balaban J connectivity index is 1.76. The molecule has 0 saturated heterocycles. The molecule has 3 aromatic rings. The number of hydrogen-bond donors (Lipinski definition) is 0. The summed E-state index contributed by atoms with van der Waals surface area (Å²) in [4.78, 5) is 22.4. The summed E-state index contributed by atoms with van der Waals surface area (Å²) < 4.78 is 10.6. The summed E-state index contributed by atoms with van der Waals surface area (Å²) in [7, 11) is 1.38. The van der Waals surface area contributed by atoms with Crippen LogP contribution >= 0.6 is 0 Å². The van der Waals surface area contributed by atoms with E-state index in [4.69, 9.17) is 9.47 Å². The second kappa shape index (κ2) is 8.32. The third kappa shape index (κ3) is 4.42. The van der Waals surface area contributed by atoms with Crippen molar-refractivity contribution in [1.82, 2.24) is 0 Å². The van der Waals surface area contributed by atoms with Gasteiger partial charge >= 0.3 is 5.97 Å². The average molecular weight is 360 g/mol. The number of carbonyl (C=O) groups excluding carboxylic acids is 2. The number of aldehydes is 1. The Morgan fingerprint density at radius 1 is 1.00 bits per heavy atom. The van der Waals surface area contributed by atoms with Gasteiger partial charge in [0.25, 0.3) is 0 Å². The fourth-order valence-corrected chi connectivity index (χ4v) is 2.87. The minimum atomic E-state index is -0.340. The molecular weight excluding hydrogens is 340 g/mol. The van der Waals surface area contributed by atoms with E-state index in [2.05, 4.69) is 6.07 Å². The average Bonchev–Trinajstić information content (AvgIpc) is 2.72. The van der Waals surface area contributed by atoms with Gasteiger partial charge in [0.1, 0.15) is 18.6 Å². The first-order valence-corrected chi connectivity index (χ1v) is 8.57. The Labute approximate surface area is 158 Å². The molecule has 0 unspecified atom stereocenters. The van der Waals surface area contributed by atoms with Crippen LogP contribution in [-0.2, 0) is 11.3 Å². The maximum Gasteiger partial charge on any atom is 0.337 e. The molecule has 0 aliphatic rings. The molecule has 0 aromatic heterocycles. The molecule has 0 saturated carbocycles. The molecule has 3 aromatic carbocycles. The summed E-state index contributed by atoms with van der Waals surface area (Å²) in [6, 6.07) is 20.6. The van der Waals surface area contributed by atoms with Crippen molar-refractivity contribution < 1.29 is 19.1 Å². The van der Waals surface area contributed by atoms with Crippen molar-refractivity contribution in [3.8, 4) is 16.9 Å². The van der Waals surface area contributed by atoms with E-state index in [1.54, 1.807) is 30.3 Å². The Kier molecular flexibility index (Phi) is 5.67. The lowest BCUT2D eigenvalue weighted by atomic mass is 9.97. The fraction of sp³-hybridized carbons (Fsp3) is 0.130. The van der Waals surface area contributed by atoms with Crippen LogP contribution in [0.5, 0.6) is 5.75 Å². The highest BCUT2D eigenvalue weighted by atomic mass is 16.5. The molecule has 27 heavy (non-hydrogen) atoms. The van der Waals surface area contributed by atoms with Crippen molar-refractivity contribution >= 4 is 12.3 Å². The van der Waals surface area contributed by atoms with Gasteiger partial charge in [-0.05, 0) is 71.6 Å². The Bertz CT molecular complexity index is 958. The standard InChI is InChI=1S/C23H20O4/c1-16-12-20(23(25)26-2)8-11-22(16)19-5-3-4-18(13-19)15-27-21-9-6-17(14-24)7-10-21/h3-14H,15H2,1-2H3. The number of esters is 1. The topological polar surface area (TPSA) is 52.6 Å². The lowest BCUT2D eigenvalue weighted by Gasteiger charge is -2.11. The lowest BCUT2D eigenvalue weighted by Crippen LogP contribution is -2.01. The number of methoxy groups -OCH3 is 1. The lowest BCUT2D eigenvalue weighted by molar-refractivity contribution is 0.0600. The Morgan fingerprint density at radius 2 is 1.78 bits per heavy atom. The van der Waals surface area contributed by atoms with Crippen LogP contribution in [0.15, 0.2) is 66.7 Å². The molecule has 0 spiro atoms. The van der Waals surface area contributed by atoms with Crippen LogP contribution < -0.4 is 4.74 Å². The van der Waals surface area contributed by atoms with Gasteiger partial charge in [0.05, 0.1) is 12.7 Å². The number of aryl methyl sites for hydroxylation is 1. The smallest absolute Gasteiger partial charge is 0.337 e. The van der Waals surface area contributed by atoms with Gasteiger partial charge in [-0.2, -0.15) is 0 Å². The van der Waals surface area contributed by atoms with E-state index in [1.807, 2.05) is 37.3 Å². The highest BCUT2D eigenvalue weighted by Crippen LogP contribution is 2.26. The van der Waals surface area contributed by atoms with Gasteiger partial charge in [0.2, 0.25) is 0 Å². The molecule has 4 heteroatoms. The molecule has 0 fully saturated rings. The van der Waals surface area contributed by atoms with Crippen LogP contribution in [0.2, 0.25) is 0 Å². The summed E-state index contributed by atoms with van der Waals surface area (Å²) >= 11 is 0. The zero-order chi connectivity index (χ0) is 19.2. The normalized spacial score (nSPS) is 10.3. The van der Waals surface area contributed by atoms with E-state index < -0.39 is 0 Å². The van der Waals surface area contributed by atoms with Crippen molar-refractivity contribution in [2.45, 2.75) is 13.5 Å². The SMILES string of the molecule is COC(=O)c1ccc(-c2cccc(COc3ccc(C=O)cc3)c2)c(C)c1. The predicted octanol–water partition coefficient (Wildman–Crippen LogP) is 4.84. The van der Waals surface area contributed by atoms with Gasteiger partial charge in [-0.3, -0.25) is 4.79 Å². The van der Waals surface area contributed by atoms with Crippen molar-refractivity contribution in [2.75, 3.05) is 7.11 Å². The summed E-state index contributed by atoms with van der Waals surface area (Å²) in [5.41, 5.74) is 5.30. The van der Waals surface area contributed by atoms with Crippen molar-refractivity contribution in [1.29, 1.82) is 0 Å². The largest absolute Gasteiger partial charge is 0.489 e. The predicted molar refractivity (Wildman–Crippen MR) is 104 cm³/mol. The van der Waals surface area contributed by atoms with E-state index in [-0.39, 0.29) is 5.97 Å². The highest BCUT2D eigenvalue weighted by molar-refractivity contribution is 5.90. The van der Waals surface area contributed by atoms with Crippen molar-refractivity contribution in [3.05, 3.63) is 89.0 Å². The zero-order valence-corrected chi connectivity index (χ0v) is 15.3. The number of ether oxygens (including phenoxy) is 2. The van der Waals surface area contributed by atoms with E-state index >= 15 is 0 Å². The quantitative estimate of drug-likeness (QED) is 0.466. The first kappa shape index (κ1) is 18.4. The van der Waals surface area contributed by atoms with Crippen molar-refractivity contribution in [2.24, 2.45) is 0 Å². The minimum Gasteiger partial charge on any atom is -0.489 e. The third-order valence-corrected chi connectivity index (χ3v) is 4.31. The molecule has 0 aliphatic heterocycles. The van der Waals surface area contributed by atoms with Crippen LogP contribution in [0, 0.1) is 6.92 Å². The molecule has 4 nitrogen and oxygen atoms in total. The monoisotopic (exact) mass is 360 g/mol. The second-order valence-electron chi connectivity index (χ2n) is 6.20. The maximum atomic E-state index is 11.7. The zero-order valence-electron chi connectivity index (χ0n) is 15.3. The van der Waals surface area contributed by atoms with Crippen LogP contribution in [0.4, 0.5) is 0 Å². The van der Waals surface area contributed by atoms with E-state index in [0.29, 0.717) is 23.5 Å². The summed E-state index contributed by atoms with van der Waals surface area (Å²) in [6.45, 7) is 2.40. The highest BCUT2D eigenvalue weighted by Gasteiger charge is 2.09. The van der Waals surface area contributed by atoms with E-state index in [1.165, 1.54) is 7.11 Å². The minimum absolute atomic E-state index is 0.340. The number of hydrogen-bond acceptors (Lipinski definition) is 4. The van der Waals surface area contributed by atoms with Gasteiger partial charge < -0.3 is 9.47 Å². The first-order chi connectivity index (χ1) is 13.1. The summed E-state index contributed by atoms with van der Waals surface area (Å²) in [5.74, 6) is 0.372. The van der Waals surface area contributed by atoms with Gasteiger partial charge in [0.15, 0.2) is 0 Å². The van der Waals surface area contributed by atoms with Gasteiger partial charge in [-0.15, -0.1) is 0 Å². The molecule has 136 valence electrons. The fourth-order valence-electron chi connectivity index (χ4n) is 2.87. The molecule has 0 atom stereocenters.